The molecule has 0 saturated carbocycles. The fraction of sp³-hybridized carbons (Fsp3) is 0.240. The number of sulfonamides is 1. The van der Waals surface area contributed by atoms with Crippen LogP contribution >= 0.6 is 0 Å². The zero-order valence-corrected chi connectivity index (χ0v) is 20.8. The molecule has 10 heteroatoms. The molecule has 3 aromatic carbocycles. The Bertz CT molecular complexity index is 1240. The Labute approximate surface area is 205 Å². The number of nitrogens with zero attached hydrogens (tertiary/aromatic N) is 1. The molecule has 1 amide bonds. The van der Waals surface area contributed by atoms with Crippen LogP contribution in [0.1, 0.15) is 5.56 Å². The summed E-state index contributed by atoms with van der Waals surface area (Å²) in [6.45, 7) is -0.312. The van der Waals surface area contributed by atoms with Crippen molar-refractivity contribution in [2.75, 3.05) is 38.4 Å². The molecule has 0 aromatic heterocycles. The highest BCUT2D eigenvalue weighted by molar-refractivity contribution is 7.92. The van der Waals surface area contributed by atoms with Crippen LogP contribution in [-0.4, -0.2) is 48.5 Å². The smallest absolute Gasteiger partial charge is 0.241 e. The Morgan fingerprint density at radius 3 is 2.03 bits per heavy atom. The third kappa shape index (κ3) is 6.57. The predicted octanol–water partition coefficient (Wildman–Crippen LogP) is 3.59. The second-order valence-corrected chi connectivity index (χ2v) is 9.37. The summed E-state index contributed by atoms with van der Waals surface area (Å²) in [7, 11) is 0.693. The van der Waals surface area contributed by atoms with E-state index in [1.54, 1.807) is 48.5 Å². The Hall–Kier alpha value is -3.92. The zero-order chi connectivity index (χ0) is 25.4. The predicted molar refractivity (Wildman–Crippen MR) is 133 cm³/mol. The minimum absolute atomic E-state index is 0.120. The molecule has 0 aliphatic rings. The van der Waals surface area contributed by atoms with Crippen LogP contribution in [0.15, 0.2) is 66.7 Å². The number of rotatable bonds is 11. The second kappa shape index (κ2) is 11.5. The Morgan fingerprint density at radius 1 is 0.857 bits per heavy atom. The third-order valence-corrected chi connectivity index (χ3v) is 6.13. The van der Waals surface area contributed by atoms with E-state index in [0.717, 1.165) is 10.6 Å². The van der Waals surface area contributed by atoms with E-state index in [2.05, 4.69) is 5.32 Å². The molecule has 0 unspecified atom stereocenters. The van der Waals surface area contributed by atoms with E-state index in [4.69, 9.17) is 18.9 Å². The monoisotopic (exact) mass is 500 g/mol. The van der Waals surface area contributed by atoms with Gasteiger partial charge in [-0.3, -0.25) is 9.10 Å². The lowest BCUT2D eigenvalue weighted by molar-refractivity contribution is -0.119. The molecule has 0 radical (unpaired) electrons. The molecule has 0 bridgehead atoms. The van der Waals surface area contributed by atoms with Gasteiger partial charge in [0.2, 0.25) is 21.7 Å². The van der Waals surface area contributed by atoms with Crippen LogP contribution in [-0.2, 0) is 21.4 Å². The van der Waals surface area contributed by atoms with E-state index in [9.17, 15) is 13.2 Å². The highest BCUT2D eigenvalue weighted by Crippen LogP contribution is 2.38. The van der Waals surface area contributed by atoms with Crippen molar-refractivity contribution in [2.45, 2.75) is 6.54 Å². The van der Waals surface area contributed by atoms with Crippen LogP contribution in [0.2, 0.25) is 0 Å². The van der Waals surface area contributed by atoms with Crippen molar-refractivity contribution in [2.24, 2.45) is 0 Å². The summed E-state index contributed by atoms with van der Waals surface area (Å²) in [6, 6.07) is 19.0. The average Bonchev–Trinajstić information content (AvgIpc) is 2.85. The topological polar surface area (TPSA) is 103 Å². The van der Waals surface area contributed by atoms with Crippen molar-refractivity contribution >= 4 is 21.6 Å². The standard InChI is InChI=1S/C25H28N2O7S/c1-31-22-14-18(15-23(32-2)25(22)33-3)16-26-24(28)17-27(35(4,29)30)20-12-8-9-13-21(20)34-19-10-6-5-7-11-19/h5-15H,16-17H2,1-4H3,(H,26,28). The summed E-state index contributed by atoms with van der Waals surface area (Å²) in [5, 5.41) is 2.74. The number of hydrogen-bond acceptors (Lipinski definition) is 7. The number of carbonyl (C=O) groups is 1. The molecule has 0 spiro atoms. The van der Waals surface area contributed by atoms with Gasteiger partial charge in [0.1, 0.15) is 12.3 Å². The minimum atomic E-state index is -3.81. The third-order valence-electron chi connectivity index (χ3n) is 5.01. The molecule has 3 aromatic rings. The SMILES string of the molecule is COc1cc(CNC(=O)CN(c2ccccc2Oc2ccccc2)S(C)(=O)=O)cc(OC)c1OC. The van der Waals surface area contributed by atoms with Gasteiger partial charge in [0.25, 0.3) is 0 Å². The number of hydrogen-bond donors (Lipinski definition) is 1. The first kappa shape index (κ1) is 25.7. The number of amides is 1. The number of para-hydroxylation sites is 3. The van der Waals surface area contributed by atoms with Crippen LogP contribution in [0, 0.1) is 0 Å². The van der Waals surface area contributed by atoms with Gasteiger partial charge in [-0.25, -0.2) is 8.42 Å². The molecule has 0 saturated heterocycles. The number of carbonyl (C=O) groups excluding carboxylic acids is 1. The van der Waals surface area contributed by atoms with Gasteiger partial charge in [0.05, 0.1) is 33.3 Å². The van der Waals surface area contributed by atoms with Crippen LogP contribution in [0.25, 0.3) is 0 Å². The number of nitrogens with one attached hydrogen (secondary N) is 1. The van der Waals surface area contributed by atoms with E-state index in [-0.39, 0.29) is 12.2 Å². The largest absolute Gasteiger partial charge is 0.493 e. The first-order chi connectivity index (χ1) is 16.8. The van der Waals surface area contributed by atoms with Crippen molar-refractivity contribution in [3.63, 3.8) is 0 Å². The van der Waals surface area contributed by atoms with Crippen molar-refractivity contribution in [1.29, 1.82) is 0 Å². The number of benzene rings is 3. The lowest BCUT2D eigenvalue weighted by Gasteiger charge is -2.24. The van der Waals surface area contributed by atoms with Crippen LogP contribution in [0.5, 0.6) is 28.7 Å². The fourth-order valence-electron chi connectivity index (χ4n) is 3.37. The quantitative estimate of drug-likeness (QED) is 0.429. The van der Waals surface area contributed by atoms with Crippen LogP contribution in [0.4, 0.5) is 5.69 Å². The molecule has 0 heterocycles. The maximum absolute atomic E-state index is 12.8. The Balaban J connectivity index is 1.79. The number of methoxy groups -OCH3 is 3. The fourth-order valence-corrected chi connectivity index (χ4v) is 4.23. The van der Waals surface area contributed by atoms with Gasteiger partial charge in [-0.05, 0) is 42.0 Å². The lowest BCUT2D eigenvalue weighted by atomic mass is 10.1. The second-order valence-electron chi connectivity index (χ2n) is 7.46. The normalized spacial score (nSPS) is 10.9. The summed E-state index contributed by atoms with van der Waals surface area (Å²) in [5.74, 6) is 1.67. The maximum Gasteiger partial charge on any atom is 0.241 e. The van der Waals surface area contributed by atoms with Gasteiger partial charge in [-0.15, -0.1) is 0 Å². The molecular formula is C25H28N2O7S. The van der Waals surface area contributed by atoms with E-state index in [0.29, 0.717) is 34.3 Å². The van der Waals surface area contributed by atoms with Crippen LogP contribution < -0.4 is 28.6 Å². The van der Waals surface area contributed by atoms with E-state index in [1.807, 2.05) is 18.2 Å². The molecule has 186 valence electrons. The summed E-state index contributed by atoms with van der Waals surface area (Å²) < 4.78 is 48.1. The van der Waals surface area contributed by atoms with Crippen molar-refractivity contribution in [1.82, 2.24) is 5.32 Å². The molecule has 35 heavy (non-hydrogen) atoms. The molecular weight excluding hydrogens is 472 g/mol. The molecule has 3 rings (SSSR count). The zero-order valence-electron chi connectivity index (χ0n) is 20.0. The summed E-state index contributed by atoms with van der Waals surface area (Å²) in [6.07, 6.45) is 1.04. The molecule has 0 aliphatic heterocycles. The number of anilines is 1. The van der Waals surface area contributed by atoms with E-state index in [1.165, 1.54) is 21.3 Å². The van der Waals surface area contributed by atoms with E-state index < -0.39 is 22.5 Å². The molecule has 0 fully saturated rings. The Kier molecular flexibility index (Phi) is 8.43. The van der Waals surface area contributed by atoms with Gasteiger partial charge in [0, 0.05) is 6.54 Å². The van der Waals surface area contributed by atoms with Crippen LogP contribution in [0.3, 0.4) is 0 Å². The maximum atomic E-state index is 12.8. The van der Waals surface area contributed by atoms with Crippen molar-refractivity contribution in [3.05, 3.63) is 72.3 Å². The molecule has 0 aliphatic carbocycles. The first-order valence-corrected chi connectivity index (χ1v) is 12.5. The Morgan fingerprint density at radius 2 is 1.46 bits per heavy atom. The average molecular weight is 501 g/mol. The lowest BCUT2D eigenvalue weighted by Crippen LogP contribution is -2.40. The molecule has 9 nitrogen and oxygen atoms in total. The van der Waals surface area contributed by atoms with Gasteiger partial charge < -0.3 is 24.3 Å². The highest BCUT2D eigenvalue weighted by atomic mass is 32.2. The summed E-state index contributed by atoms with van der Waals surface area (Å²) >= 11 is 0. The minimum Gasteiger partial charge on any atom is -0.493 e. The summed E-state index contributed by atoms with van der Waals surface area (Å²) in [5.41, 5.74) is 0.938. The highest BCUT2D eigenvalue weighted by Gasteiger charge is 2.24. The summed E-state index contributed by atoms with van der Waals surface area (Å²) in [4.78, 5) is 12.8. The molecule has 0 atom stereocenters. The molecule has 1 N–H and O–H groups in total. The van der Waals surface area contributed by atoms with Gasteiger partial charge in [0.15, 0.2) is 17.2 Å². The van der Waals surface area contributed by atoms with Gasteiger partial charge >= 0.3 is 0 Å². The number of ether oxygens (including phenoxy) is 4. The van der Waals surface area contributed by atoms with Gasteiger partial charge in [-0.1, -0.05) is 30.3 Å². The van der Waals surface area contributed by atoms with Crippen molar-refractivity contribution < 1.29 is 32.2 Å². The van der Waals surface area contributed by atoms with Gasteiger partial charge in [-0.2, -0.15) is 0 Å². The van der Waals surface area contributed by atoms with Crippen molar-refractivity contribution in [3.8, 4) is 28.7 Å². The first-order valence-electron chi connectivity index (χ1n) is 10.6. The van der Waals surface area contributed by atoms with E-state index >= 15 is 0 Å².